The molecular weight excluding hydrogens is 397 g/mol. The van der Waals surface area contributed by atoms with Gasteiger partial charge < -0.3 is 20.4 Å². The van der Waals surface area contributed by atoms with Crippen molar-refractivity contribution in [1.82, 2.24) is 20.4 Å². The Hall–Kier alpha value is -1.06. The maximum absolute atomic E-state index is 11.6. The van der Waals surface area contributed by atoms with E-state index in [1.54, 1.807) is 19.0 Å². The van der Waals surface area contributed by atoms with Crippen molar-refractivity contribution in [3.63, 3.8) is 0 Å². The van der Waals surface area contributed by atoms with Gasteiger partial charge in [0, 0.05) is 46.2 Å². The molecule has 1 heterocycles. The number of hydrogen-bond acceptors (Lipinski definition) is 3. The molecule has 0 aromatic heterocycles. The van der Waals surface area contributed by atoms with Crippen molar-refractivity contribution in [2.45, 2.75) is 37.8 Å². The van der Waals surface area contributed by atoms with Crippen LogP contribution >= 0.6 is 24.0 Å². The van der Waals surface area contributed by atoms with Gasteiger partial charge in [-0.05, 0) is 19.3 Å². The second kappa shape index (κ2) is 8.54. The topological polar surface area (TPSA) is 77.0 Å². The van der Waals surface area contributed by atoms with Gasteiger partial charge >= 0.3 is 0 Å². The van der Waals surface area contributed by atoms with Crippen LogP contribution < -0.4 is 10.6 Å². The Labute approximate surface area is 148 Å². The summed E-state index contributed by atoms with van der Waals surface area (Å²) in [6, 6.07) is 0.654. The van der Waals surface area contributed by atoms with Crippen molar-refractivity contribution < 1.29 is 9.59 Å². The lowest BCUT2D eigenvalue weighted by atomic mass is 10.1. The maximum atomic E-state index is 11.6. The molecule has 7 nitrogen and oxygen atoms in total. The van der Waals surface area contributed by atoms with Crippen LogP contribution in [0.4, 0.5) is 0 Å². The summed E-state index contributed by atoms with van der Waals surface area (Å²) in [5, 5.41) is 6.67. The Morgan fingerprint density at radius 1 is 1.27 bits per heavy atom. The molecule has 0 spiro atoms. The molecule has 0 bridgehead atoms. The molecule has 0 aromatic rings. The molecule has 2 rings (SSSR count). The summed E-state index contributed by atoms with van der Waals surface area (Å²) in [5.74, 6) is 0.841. The minimum atomic E-state index is -0.0252. The van der Waals surface area contributed by atoms with Crippen LogP contribution in [0.25, 0.3) is 0 Å². The van der Waals surface area contributed by atoms with Gasteiger partial charge in [-0.2, -0.15) is 0 Å². The average Bonchev–Trinajstić information content (AvgIpc) is 3.23. The zero-order chi connectivity index (χ0) is 15.4. The van der Waals surface area contributed by atoms with E-state index in [-0.39, 0.29) is 48.4 Å². The molecule has 2 fully saturated rings. The van der Waals surface area contributed by atoms with E-state index in [1.807, 2.05) is 7.05 Å². The minimum absolute atomic E-state index is 0. The first kappa shape index (κ1) is 19.0. The molecule has 1 aliphatic heterocycles. The Kier molecular flexibility index (Phi) is 7.37. The van der Waals surface area contributed by atoms with Gasteiger partial charge in [0.1, 0.15) is 6.54 Å². The predicted molar refractivity (Wildman–Crippen MR) is 96.4 cm³/mol. The zero-order valence-corrected chi connectivity index (χ0v) is 15.8. The van der Waals surface area contributed by atoms with Crippen molar-refractivity contribution in [2.24, 2.45) is 4.99 Å². The molecule has 1 saturated heterocycles. The van der Waals surface area contributed by atoms with Crippen molar-refractivity contribution in [3.05, 3.63) is 0 Å². The molecule has 1 unspecified atom stereocenters. The summed E-state index contributed by atoms with van der Waals surface area (Å²) in [6.45, 7) is 0.808. The number of guanidine groups is 1. The van der Waals surface area contributed by atoms with Crippen molar-refractivity contribution in [2.75, 3.05) is 34.2 Å². The number of aliphatic imine (C=N–C) groups is 1. The van der Waals surface area contributed by atoms with Crippen LogP contribution in [-0.4, -0.2) is 73.9 Å². The average molecular weight is 423 g/mol. The molecule has 1 aliphatic carbocycles. The van der Waals surface area contributed by atoms with Gasteiger partial charge in [0.15, 0.2) is 5.96 Å². The van der Waals surface area contributed by atoms with Crippen LogP contribution in [0.5, 0.6) is 0 Å². The zero-order valence-electron chi connectivity index (χ0n) is 13.5. The van der Waals surface area contributed by atoms with Crippen LogP contribution in [-0.2, 0) is 9.59 Å². The fourth-order valence-electron chi connectivity index (χ4n) is 2.17. The smallest absolute Gasteiger partial charge is 0.243 e. The quantitative estimate of drug-likeness (QED) is 0.380. The van der Waals surface area contributed by atoms with Gasteiger partial charge in [-0.3, -0.25) is 9.59 Å². The summed E-state index contributed by atoms with van der Waals surface area (Å²) >= 11 is 0. The second-order valence-corrected chi connectivity index (χ2v) is 6.03. The number of nitrogens with one attached hydrogen (secondary N) is 2. The first-order valence-electron chi connectivity index (χ1n) is 7.47. The highest BCUT2D eigenvalue weighted by Crippen LogP contribution is 2.18. The SMILES string of the molecule is CN(C)C(=O)CN=C(NC1CC1)NC1CCC(=O)N(C)C1.I. The largest absolute Gasteiger partial charge is 0.354 e. The van der Waals surface area contributed by atoms with Crippen LogP contribution in [0.3, 0.4) is 0 Å². The van der Waals surface area contributed by atoms with Crippen molar-refractivity contribution in [3.8, 4) is 0 Å². The molecule has 0 radical (unpaired) electrons. The molecular formula is C14H26IN5O2. The summed E-state index contributed by atoms with van der Waals surface area (Å²) in [6.07, 6.45) is 3.65. The predicted octanol–water partition coefficient (Wildman–Crippen LogP) is 0.0110. The number of likely N-dealkylation sites (N-methyl/N-ethyl adjacent to an activating group) is 2. The van der Waals surface area contributed by atoms with E-state index in [2.05, 4.69) is 15.6 Å². The van der Waals surface area contributed by atoms with E-state index in [0.717, 1.165) is 19.3 Å². The second-order valence-electron chi connectivity index (χ2n) is 6.03. The normalized spacial score (nSPS) is 22.0. The van der Waals surface area contributed by atoms with Crippen LogP contribution in [0.15, 0.2) is 4.99 Å². The third kappa shape index (κ3) is 5.98. The third-order valence-corrected chi connectivity index (χ3v) is 3.76. The summed E-state index contributed by atoms with van der Waals surface area (Å²) < 4.78 is 0. The number of piperidine rings is 1. The number of carbonyl (C=O) groups excluding carboxylic acids is 2. The number of hydrogen-bond donors (Lipinski definition) is 2. The van der Waals surface area contributed by atoms with Crippen molar-refractivity contribution in [1.29, 1.82) is 0 Å². The van der Waals surface area contributed by atoms with Gasteiger partial charge in [-0.1, -0.05) is 0 Å². The number of rotatable bonds is 4. The number of likely N-dealkylation sites (tertiary alicyclic amines) is 1. The molecule has 1 atom stereocenters. The first-order valence-corrected chi connectivity index (χ1v) is 7.47. The number of halogens is 1. The minimum Gasteiger partial charge on any atom is -0.354 e. The molecule has 0 aromatic carbocycles. The Balaban J connectivity index is 0.00000242. The van der Waals surface area contributed by atoms with E-state index in [4.69, 9.17) is 0 Å². The Morgan fingerprint density at radius 2 is 1.91 bits per heavy atom. The van der Waals surface area contributed by atoms with E-state index < -0.39 is 0 Å². The van der Waals surface area contributed by atoms with Gasteiger partial charge in [-0.25, -0.2) is 4.99 Å². The van der Waals surface area contributed by atoms with Gasteiger partial charge in [-0.15, -0.1) is 24.0 Å². The van der Waals surface area contributed by atoms with E-state index in [0.29, 0.717) is 25.0 Å². The van der Waals surface area contributed by atoms with Gasteiger partial charge in [0.25, 0.3) is 0 Å². The molecule has 1 saturated carbocycles. The highest BCUT2D eigenvalue weighted by atomic mass is 127. The standard InChI is InChI=1S/C14H25N5O2.HI/c1-18(2)13(21)8-15-14(16-10-4-5-10)17-11-6-7-12(20)19(3)9-11;/h10-11H,4-9H2,1-3H3,(H2,15,16,17);1H. The van der Waals surface area contributed by atoms with Crippen LogP contribution in [0.2, 0.25) is 0 Å². The lowest BCUT2D eigenvalue weighted by molar-refractivity contribution is -0.132. The third-order valence-electron chi connectivity index (χ3n) is 3.76. The summed E-state index contributed by atoms with van der Waals surface area (Å²) in [7, 11) is 5.26. The number of amides is 2. The summed E-state index contributed by atoms with van der Waals surface area (Å²) in [4.78, 5) is 30.8. The highest BCUT2D eigenvalue weighted by Gasteiger charge is 2.26. The number of nitrogens with zero attached hydrogens (tertiary/aromatic N) is 3. The van der Waals surface area contributed by atoms with Crippen LogP contribution in [0.1, 0.15) is 25.7 Å². The molecule has 126 valence electrons. The molecule has 8 heteroatoms. The molecule has 2 amide bonds. The maximum Gasteiger partial charge on any atom is 0.243 e. The van der Waals surface area contributed by atoms with Crippen LogP contribution in [0, 0.1) is 0 Å². The van der Waals surface area contributed by atoms with Crippen molar-refractivity contribution >= 4 is 41.8 Å². The lowest BCUT2D eigenvalue weighted by Gasteiger charge is -2.31. The molecule has 2 N–H and O–H groups in total. The Morgan fingerprint density at radius 3 is 2.45 bits per heavy atom. The van der Waals surface area contributed by atoms with E-state index in [1.165, 1.54) is 4.90 Å². The molecule has 2 aliphatic rings. The Bertz CT molecular complexity index is 437. The first-order chi connectivity index (χ1) is 9.95. The van der Waals surface area contributed by atoms with Gasteiger partial charge in [0.2, 0.25) is 11.8 Å². The van der Waals surface area contributed by atoms with E-state index >= 15 is 0 Å². The fourth-order valence-corrected chi connectivity index (χ4v) is 2.17. The van der Waals surface area contributed by atoms with E-state index in [9.17, 15) is 9.59 Å². The monoisotopic (exact) mass is 423 g/mol. The van der Waals surface area contributed by atoms with Gasteiger partial charge in [0.05, 0.1) is 0 Å². The highest BCUT2D eigenvalue weighted by molar-refractivity contribution is 14.0. The molecule has 22 heavy (non-hydrogen) atoms. The lowest BCUT2D eigenvalue weighted by Crippen LogP contribution is -2.52. The number of carbonyl (C=O) groups is 2. The fraction of sp³-hybridized carbons (Fsp3) is 0.786. The summed E-state index contributed by atoms with van der Waals surface area (Å²) in [5.41, 5.74) is 0.